The monoisotopic (exact) mass is 412 g/mol. The molecule has 1 saturated carbocycles. The minimum Gasteiger partial charge on any atom is -0.365 e. The molecule has 2 aromatic rings. The van der Waals surface area contributed by atoms with E-state index in [4.69, 9.17) is 20.6 Å². The number of rotatable bonds is 4. The van der Waals surface area contributed by atoms with Gasteiger partial charge in [0.15, 0.2) is 35.1 Å². The third kappa shape index (κ3) is 3.01. The molecule has 1 amide bonds. The fourth-order valence-corrected chi connectivity index (χ4v) is 4.17. The van der Waals surface area contributed by atoms with Crippen molar-refractivity contribution in [3.8, 4) is 12.3 Å². The van der Waals surface area contributed by atoms with Gasteiger partial charge in [-0.15, -0.1) is 6.42 Å². The Bertz CT molecular complexity index is 1040. The van der Waals surface area contributed by atoms with E-state index in [2.05, 4.69) is 31.5 Å². The molecule has 0 aromatic carbocycles. The van der Waals surface area contributed by atoms with Gasteiger partial charge >= 0.3 is 0 Å². The highest BCUT2D eigenvalue weighted by molar-refractivity contribution is 5.84. The summed E-state index contributed by atoms with van der Waals surface area (Å²) in [5.41, 5.74) is 1.12. The fourth-order valence-electron chi connectivity index (χ4n) is 4.17. The summed E-state index contributed by atoms with van der Waals surface area (Å²) in [6, 6.07) is 0.357. The number of hydrogen-bond acceptors (Lipinski definition) is 8. The minimum absolute atomic E-state index is 0.257. The van der Waals surface area contributed by atoms with Gasteiger partial charge < -0.3 is 24.8 Å². The number of nitrogens with one attached hydrogen (secondary N) is 2. The molecule has 2 aromatic heterocycles. The predicted molar refractivity (Wildman–Crippen MR) is 106 cm³/mol. The maximum atomic E-state index is 12.4. The zero-order valence-electron chi connectivity index (χ0n) is 17.1. The third-order valence-electron chi connectivity index (χ3n) is 5.80. The van der Waals surface area contributed by atoms with Crippen molar-refractivity contribution in [3.63, 3.8) is 0 Å². The molecule has 0 unspecified atom stereocenters. The van der Waals surface area contributed by atoms with Crippen molar-refractivity contribution >= 4 is 22.9 Å². The summed E-state index contributed by atoms with van der Waals surface area (Å²) >= 11 is 0. The van der Waals surface area contributed by atoms with Gasteiger partial charge in [-0.05, 0) is 39.0 Å². The van der Waals surface area contributed by atoms with E-state index in [0.29, 0.717) is 23.0 Å². The van der Waals surface area contributed by atoms with Gasteiger partial charge in [0, 0.05) is 13.1 Å². The number of amides is 1. The molecule has 2 aliphatic heterocycles. The van der Waals surface area contributed by atoms with E-state index < -0.39 is 30.3 Å². The molecule has 30 heavy (non-hydrogen) atoms. The van der Waals surface area contributed by atoms with E-state index in [-0.39, 0.29) is 11.7 Å². The van der Waals surface area contributed by atoms with Gasteiger partial charge in [-0.25, -0.2) is 15.0 Å². The molecule has 2 saturated heterocycles. The lowest BCUT2D eigenvalue weighted by Crippen LogP contribution is -2.41. The molecule has 0 spiro atoms. The molecule has 0 radical (unpaired) electrons. The van der Waals surface area contributed by atoms with Gasteiger partial charge in [-0.1, -0.05) is 0 Å². The molecular weight excluding hydrogens is 388 g/mol. The second-order valence-electron chi connectivity index (χ2n) is 8.26. The van der Waals surface area contributed by atoms with Crippen LogP contribution in [0.2, 0.25) is 0 Å². The Balaban J connectivity index is 1.56. The Morgan fingerprint density at radius 3 is 2.73 bits per heavy atom. The smallest absolute Gasteiger partial charge is 0.251 e. The number of anilines is 1. The predicted octanol–water partition coefficient (Wildman–Crippen LogP) is 0.935. The van der Waals surface area contributed by atoms with Crippen LogP contribution in [0, 0.1) is 12.3 Å². The Morgan fingerprint density at radius 2 is 2.07 bits per heavy atom. The topological polar surface area (TPSA) is 112 Å². The van der Waals surface area contributed by atoms with E-state index in [0.717, 1.165) is 12.8 Å². The highest BCUT2D eigenvalue weighted by Crippen LogP contribution is 2.44. The zero-order valence-corrected chi connectivity index (χ0v) is 17.1. The van der Waals surface area contributed by atoms with Crippen molar-refractivity contribution in [2.75, 3.05) is 12.4 Å². The molecule has 0 bridgehead atoms. The molecule has 3 fully saturated rings. The first-order chi connectivity index (χ1) is 14.4. The third-order valence-corrected chi connectivity index (χ3v) is 5.80. The van der Waals surface area contributed by atoms with Crippen molar-refractivity contribution in [3.05, 3.63) is 12.2 Å². The Kier molecular flexibility index (Phi) is 4.43. The standard InChI is InChI=1S/C20H24N6O4/c1-5-11-24-16(23-10-7-6-8-10)12-17(25-11)26(9-22-12)19-15-13(29-20(2,3)30-15)14(28-19)18(27)21-4/h1,9-10,13-15,19H,6-8H2,2-4H3,(H,21,27)(H,23,24,25)/t13-,14+,15-,19-/m1/s1. The number of ether oxygens (including phenoxy) is 3. The lowest BCUT2D eigenvalue weighted by Gasteiger charge is -2.27. The molecule has 4 atom stereocenters. The van der Waals surface area contributed by atoms with E-state index in [1.807, 2.05) is 13.8 Å². The largest absolute Gasteiger partial charge is 0.365 e. The summed E-state index contributed by atoms with van der Waals surface area (Å²) in [6.07, 6.45) is 8.05. The van der Waals surface area contributed by atoms with Crippen LogP contribution in [-0.2, 0) is 19.0 Å². The van der Waals surface area contributed by atoms with Gasteiger partial charge in [0.2, 0.25) is 5.82 Å². The van der Waals surface area contributed by atoms with Gasteiger partial charge in [0.05, 0.1) is 6.33 Å². The molecule has 10 heteroatoms. The number of imidazole rings is 1. The van der Waals surface area contributed by atoms with Crippen LogP contribution in [-0.4, -0.2) is 62.6 Å². The van der Waals surface area contributed by atoms with Crippen molar-refractivity contribution in [2.24, 2.45) is 0 Å². The Hall–Kier alpha value is -2.74. The summed E-state index contributed by atoms with van der Waals surface area (Å²) < 4.78 is 19.9. The van der Waals surface area contributed by atoms with Crippen LogP contribution in [0.3, 0.4) is 0 Å². The van der Waals surface area contributed by atoms with Gasteiger partial charge in [-0.3, -0.25) is 9.36 Å². The lowest BCUT2D eigenvalue weighted by molar-refractivity contribution is -0.197. The van der Waals surface area contributed by atoms with Crippen LogP contribution in [0.15, 0.2) is 6.33 Å². The van der Waals surface area contributed by atoms with Crippen LogP contribution in [0.1, 0.15) is 45.2 Å². The fraction of sp³-hybridized carbons (Fsp3) is 0.600. The number of carbonyl (C=O) groups is 1. The van der Waals surface area contributed by atoms with Crippen molar-refractivity contribution < 1.29 is 19.0 Å². The maximum Gasteiger partial charge on any atom is 0.251 e. The van der Waals surface area contributed by atoms with Crippen LogP contribution < -0.4 is 10.6 Å². The summed E-state index contributed by atoms with van der Waals surface area (Å²) in [4.78, 5) is 25.8. The van der Waals surface area contributed by atoms with Crippen LogP contribution in [0.5, 0.6) is 0 Å². The summed E-state index contributed by atoms with van der Waals surface area (Å²) in [6.45, 7) is 3.63. The number of carbonyl (C=O) groups excluding carboxylic acids is 1. The molecule has 158 valence electrons. The number of aromatic nitrogens is 4. The SMILES string of the molecule is C#Cc1nc(NC2CCC2)c2ncn([C@@H]3O[C@H](C(=O)NC)[C@H]4OC(C)(C)O[C@H]43)c2n1. The number of terminal acetylenes is 1. The van der Waals surface area contributed by atoms with E-state index >= 15 is 0 Å². The van der Waals surface area contributed by atoms with E-state index in [1.54, 1.807) is 17.9 Å². The minimum atomic E-state index is -0.837. The first-order valence-corrected chi connectivity index (χ1v) is 10.1. The van der Waals surface area contributed by atoms with Gasteiger partial charge in [0.1, 0.15) is 12.2 Å². The average molecular weight is 412 g/mol. The second-order valence-corrected chi connectivity index (χ2v) is 8.26. The van der Waals surface area contributed by atoms with Gasteiger partial charge in [-0.2, -0.15) is 0 Å². The number of fused-ring (bicyclic) bond motifs is 2. The average Bonchev–Trinajstić information content (AvgIpc) is 3.34. The molecule has 2 N–H and O–H groups in total. The lowest BCUT2D eigenvalue weighted by atomic mass is 9.93. The first-order valence-electron chi connectivity index (χ1n) is 10.1. The van der Waals surface area contributed by atoms with E-state index in [9.17, 15) is 4.79 Å². The molecule has 1 aliphatic carbocycles. The number of hydrogen-bond donors (Lipinski definition) is 2. The molecule has 10 nitrogen and oxygen atoms in total. The maximum absolute atomic E-state index is 12.4. The van der Waals surface area contributed by atoms with Crippen molar-refractivity contribution in [1.82, 2.24) is 24.8 Å². The van der Waals surface area contributed by atoms with Crippen LogP contribution >= 0.6 is 0 Å². The highest BCUT2D eigenvalue weighted by atomic mass is 16.8. The Labute approximate surface area is 173 Å². The molecule has 5 rings (SSSR count). The highest BCUT2D eigenvalue weighted by Gasteiger charge is 2.58. The molecule has 4 heterocycles. The van der Waals surface area contributed by atoms with Gasteiger partial charge in [0.25, 0.3) is 5.91 Å². The van der Waals surface area contributed by atoms with E-state index in [1.165, 1.54) is 6.42 Å². The Morgan fingerprint density at radius 1 is 1.30 bits per heavy atom. The second kappa shape index (κ2) is 6.91. The quantitative estimate of drug-likeness (QED) is 0.714. The number of likely N-dealkylation sites (N-methyl/N-ethyl adjacent to an activating group) is 1. The molecular formula is C20H24N6O4. The summed E-state index contributed by atoms with van der Waals surface area (Å²) in [5.74, 6) is 2.26. The van der Waals surface area contributed by atoms with Crippen LogP contribution in [0.25, 0.3) is 11.2 Å². The first kappa shape index (κ1) is 19.2. The normalized spacial score (nSPS) is 29.9. The summed E-state index contributed by atoms with van der Waals surface area (Å²) in [7, 11) is 1.56. The van der Waals surface area contributed by atoms with Crippen molar-refractivity contribution in [1.29, 1.82) is 0 Å². The van der Waals surface area contributed by atoms with Crippen LogP contribution in [0.4, 0.5) is 5.82 Å². The van der Waals surface area contributed by atoms with Crippen molar-refractivity contribution in [2.45, 2.75) is 69.5 Å². The zero-order chi connectivity index (χ0) is 21.0. The number of nitrogens with zero attached hydrogens (tertiary/aromatic N) is 4. The summed E-state index contributed by atoms with van der Waals surface area (Å²) in [5, 5.41) is 6.04. The molecule has 3 aliphatic rings.